The van der Waals surface area contributed by atoms with Gasteiger partial charge in [0, 0.05) is 11.3 Å². The molecule has 0 saturated carbocycles. The summed E-state index contributed by atoms with van der Waals surface area (Å²) in [5.41, 5.74) is 7.30. The molecule has 0 unspecified atom stereocenters. The highest BCUT2D eigenvalue weighted by atomic mass is 35.5. The summed E-state index contributed by atoms with van der Waals surface area (Å²) in [5, 5.41) is 11.9. The summed E-state index contributed by atoms with van der Waals surface area (Å²) in [7, 11) is 1.50. The first-order chi connectivity index (χ1) is 10.0. The van der Waals surface area contributed by atoms with Crippen molar-refractivity contribution in [1.82, 2.24) is 0 Å². The minimum Gasteiger partial charge on any atom is -0.495 e. The smallest absolute Gasteiger partial charge is 0.255 e. The second-order valence-electron chi connectivity index (χ2n) is 4.22. The third-order valence-electron chi connectivity index (χ3n) is 2.84. The standard InChI is InChI=1S/C15H12ClN3O2/c1-21-14-5-2-9(7-13(14)18)15(20)19-11-3-4-12(16)10(6-11)8-17/h2-7H,18H2,1H3,(H,19,20). The molecule has 0 saturated heterocycles. The van der Waals surface area contributed by atoms with E-state index in [0.717, 1.165) is 0 Å². The van der Waals surface area contributed by atoms with E-state index in [-0.39, 0.29) is 5.91 Å². The summed E-state index contributed by atoms with van der Waals surface area (Å²) in [6.07, 6.45) is 0. The molecule has 0 radical (unpaired) electrons. The van der Waals surface area contributed by atoms with Crippen LogP contribution in [0.2, 0.25) is 5.02 Å². The zero-order valence-electron chi connectivity index (χ0n) is 11.2. The number of nitrogens with two attached hydrogens (primary N) is 1. The molecule has 6 heteroatoms. The number of hydrogen-bond acceptors (Lipinski definition) is 4. The van der Waals surface area contributed by atoms with Crippen molar-refractivity contribution < 1.29 is 9.53 Å². The molecule has 0 spiro atoms. The van der Waals surface area contributed by atoms with Crippen molar-refractivity contribution in [3.05, 3.63) is 52.5 Å². The Morgan fingerprint density at radius 3 is 2.71 bits per heavy atom. The Morgan fingerprint density at radius 2 is 2.10 bits per heavy atom. The normalized spacial score (nSPS) is 9.76. The molecule has 2 aromatic rings. The maximum Gasteiger partial charge on any atom is 0.255 e. The molecule has 2 rings (SSSR count). The van der Waals surface area contributed by atoms with Crippen LogP contribution in [0.5, 0.6) is 5.75 Å². The maximum atomic E-state index is 12.1. The van der Waals surface area contributed by atoms with Crippen LogP contribution in [0.3, 0.4) is 0 Å². The van der Waals surface area contributed by atoms with Crippen LogP contribution in [-0.4, -0.2) is 13.0 Å². The lowest BCUT2D eigenvalue weighted by molar-refractivity contribution is 0.102. The van der Waals surface area contributed by atoms with E-state index in [1.807, 2.05) is 6.07 Å². The zero-order chi connectivity index (χ0) is 15.4. The molecule has 0 fully saturated rings. The number of nitriles is 1. The Hall–Kier alpha value is -2.71. The second-order valence-corrected chi connectivity index (χ2v) is 4.62. The summed E-state index contributed by atoms with van der Waals surface area (Å²) in [6.45, 7) is 0. The van der Waals surface area contributed by atoms with E-state index >= 15 is 0 Å². The molecule has 0 atom stereocenters. The minimum absolute atomic E-state index is 0.295. The van der Waals surface area contributed by atoms with Gasteiger partial charge < -0.3 is 15.8 Å². The third kappa shape index (κ3) is 3.25. The van der Waals surface area contributed by atoms with Gasteiger partial charge in [-0.05, 0) is 36.4 Å². The molecule has 5 nitrogen and oxygen atoms in total. The van der Waals surface area contributed by atoms with Gasteiger partial charge in [-0.1, -0.05) is 11.6 Å². The van der Waals surface area contributed by atoms with Gasteiger partial charge in [0.05, 0.1) is 23.4 Å². The number of carbonyl (C=O) groups is 1. The van der Waals surface area contributed by atoms with E-state index in [1.165, 1.54) is 19.2 Å². The molecule has 21 heavy (non-hydrogen) atoms. The number of ether oxygens (including phenoxy) is 1. The van der Waals surface area contributed by atoms with E-state index in [4.69, 9.17) is 27.3 Å². The first-order valence-electron chi connectivity index (χ1n) is 5.99. The average molecular weight is 302 g/mol. The molecular weight excluding hydrogens is 290 g/mol. The fraction of sp³-hybridized carbons (Fsp3) is 0.0667. The number of anilines is 2. The lowest BCUT2D eigenvalue weighted by atomic mass is 10.1. The number of benzene rings is 2. The predicted molar refractivity (Wildman–Crippen MR) is 81.5 cm³/mol. The number of methoxy groups -OCH3 is 1. The van der Waals surface area contributed by atoms with Gasteiger partial charge in [-0.15, -0.1) is 0 Å². The van der Waals surface area contributed by atoms with Crippen LogP contribution in [0, 0.1) is 11.3 Å². The molecule has 0 aliphatic heterocycles. The molecule has 0 aromatic heterocycles. The van der Waals surface area contributed by atoms with E-state index in [1.54, 1.807) is 24.3 Å². The largest absolute Gasteiger partial charge is 0.495 e. The fourth-order valence-electron chi connectivity index (χ4n) is 1.77. The van der Waals surface area contributed by atoms with Gasteiger partial charge in [-0.2, -0.15) is 5.26 Å². The first kappa shape index (κ1) is 14.7. The van der Waals surface area contributed by atoms with Crippen LogP contribution in [0.4, 0.5) is 11.4 Å². The van der Waals surface area contributed by atoms with E-state index in [0.29, 0.717) is 33.3 Å². The van der Waals surface area contributed by atoms with Crippen molar-refractivity contribution in [2.75, 3.05) is 18.2 Å². The van der Waals surface area contributed by atoms with E-state index < -0.39 is 0 Å². The summed E-state index contributed by atoms with van der Waals surface area (Å²) < 4.78 is 5.03. The number of nitrogens with zero attached hydrogens (tertiary/aromatic N) is 1. The Bertz CT molecular complexity index is 738. The van der Waals surface area contributed by atoms with Crippen molar-refractivity contribution in [2.45, 2.75) is 0 Å². The number of nitrogens with one attached hydrogen (secondary N) is 1. The Labute approximate surface area is 126 Å². The molecule has 1 amide bonds. The number of hydrogen-bond donors (Lipinski definition) is 2. The average Bonchev–Trinajstić information content (AvgIpc) is 2.49. The number of carbonyl (C=O) groups excluding carboxylic acids is 1. The Morgan fingerprint density at radius 1 is 1.33 bits per heavy atom. The van der Waals surface area contributed by atoms with E-state index in [9.17, 15) is 4.79 Å². The van der Waals surface area contributed by atoms with Gasteiger partial charge in [-0.3, -0.25) is 4.79 Å². The van der Waals surface area contributed by atoms with Crippen molar-refractivity contribution in [1.29, 1.82) is 5.26 Å². The lowest BCUT2D eigenvalue weighted by Crippen LogP contribution is -2.12. The summed E-state index contributed by atoms with van der Waals surface area (Å²) in [6, 6.07) is 11.4. The van der Waals surface area contributed by atoms with Crippen LogP contribution >= 0.6 is 11.6 Å². The SMILES string of the molecule is COc1ccc(C(=O)Nc2ccc(Cl)c(C#N)c2)cc1N. The van der Waals surface area contributed by atoms with Crippen LogP contribution in [0.15, 0.2) is 36.4 Å². The molecule has 0 bridgehead atoms. The van der Waals surface area contributed by atoms with Crippen LogP contribution in [0.1, 0.15) is 15.9 Å². The molecule has 2 aromatic carbocycles. The summed E-state index contributed by atoms with van der Waals surface area (Å²) >= 11 is 5.84. The quantitative estimate of drug-likeness (QED) is 0.853. The number of nitrogen functional groups attached to an aromatic ring is 1. The Balaban J connectivity index is 2.22. The van der Waals surface area contributed by atoms with Gasteiger partial charge >= 0.3 is 0 Å². The van der Waals surface area contributed by atoms with Crippen LogP contribution < -0.4 is 15.8 Å². The predicted octanol–water partition coefficient (Wildman–Crippen LogP) is 3.05. The van der Waals surface area contributed by atoms with Crippen molar-refractivity contribution >= 4 is 28.9 Å². The van der Waals surface area contributed by atoms with Gasteiger partial charge in [-0.25, -0.2) is 0 Å². The van der Waals surface area contributed by atoms with Crippen LogP contribution in [0.25, 0.3) is 0 Å². The van der Waals surface area contributed by atoms with Crippen molar-refractivity contribution in [2.24, 2.45) is 0 Å². The molecule has 0 heterocycles. The number of rotatable bonds is 3. The lowest BCUT2D eigenvalue weighted by Gasteiger charge is -2.09. The maximum absolute atomic E-state index is 12.1. The second kappa shape index (κ2) is 6.16. The summed E-state index contributed by atoms with van der Waals surface area (Å²) in [5.74, 6) is 0.167. The molecule has 0 aliphatic rings. The first-order valence-corrected chi connectivity index (χ1v) is 6.37. The highest BCUT2D eigenvalue weighted by Crippen LogP contribution is 2.23. The monoisotopic (exact) mass is 301 g/mol. The van der Waals surface area contributed by atoms with Crippen molar-refractivity contribution in [3.8, 4) is 11.8 Å². The molecular formula is C15H12ClN3O2. The molecule has 106 valence electrons. The van der Waals surface area contributed by atoms with Gasteiger partial charge in [0.2, 0.25) is 0 Å². The fourth-order valence-corrected chi connectivity index (χ4v) is 1.93. The molecule has 3 N–H and O–H groups in total. The Kier molecular flexibility index (Phi) is 4.31. The van der Waals surface area contributed by atoms with Gasteiger partial charge in [0.1, 0.15) is 11.8 Å². The molecule has 0 aliphatic carbocycles. The highest BCUT2D eigenvalue weighted by Gasteiger charge is 2.10. The zero-order valence-corrected chi connectivity index (χ0v) is 11.9. The topological polar surface area (TPSA) is 88.1 Å². The van der Waals surface area contributed by atoms with Crippen molar-refractivity contribution in [3.63, 3.8) is 0 Å². The number of amides is 1. The highest BCUT2D eigenvalue weighted by molar-refractivity contribution is 6.31. The summed E-state index contributed by atoms with van der Waals surface area (Å²) in [4.78, 5) is 12.1. The van der Waals surface area contributed by atoms with E-state index in [2.05, 4.69) is 5.32 Å². The van der Waals surface area contributed by atoms with Gasteiger partial charge in [0.25, 0.3) is 5.91 Å². The third-order valence-corrected chi connectivity index (χ3v) is 3.17. The van der Waals surface area contributed by atoms with Crippen LogP contribution in [-0.2, 0) is 0 Å². The van der Waals surface area contributed by atoms with Gasteiger partial charge in [0.15, 0.2) is 0 Å². The minimum atomic E-state index is -0.337. The number of halogens is 1.